The average Bonchev–Trinajstić information content (AvgIpc) is 3.30. The first-order chi connectivity index (χ1) is 18.3. The smallest absolute Gasteiger partial charge is 0.407 e. The van der Waals surface area contributed by atoms with Gasteiger partial charge in [-0.05, 0) is 68.8 Å². The molecule has 0 amide bonds. The SMILES string of the molecule is C=N/C(=N\C=C(/C)c1ccc2nc3n(c2c1)[C@@H]1CC3N[C@H](C(F)(F)F)c2cccc(OC(F)F)c21)C(C)(C)O. The van der Waals surface area contributed by atoms with Crippen LogP contribution < -0.4 is 10.1 Å². The first kappa shape index (κ1) is 26.9. The zero-order chi connectivity index (χ0) is 28.3. The van der Waals surface area contributed by atoms with Crippen LogP contribution in [0.4, 0.5) is 22.0 Å². The number of imidazole rings is 1. The van der Waals surface area contributed by atoms with E-state index in [9.17, 15) is 27.1 Å². The lowest BCUT2D eigenvalue weighted by Gasteiger charge is -2.28. The number of aliphatic imine (C=N–C) groups is 2. The monoisotopic (exact) mass is 547 g/mol. The Labute approximate surface area is 220 Å². The van der Waals surface area contributed by atoms with Gasteiger partial charge >= 0.3 is 12.8 Å². The van der Waals surface area contributed by atoms with Crippen molar-refractivity contribution in [2.24, 2.45) is 9.98 Å². The molecule has 1 aromatic heterocycles. The van der Waals surface area contributed by atoms with Gasteiger partial charge in [-0.3, -0.25) is 5.32 Å². The minimum atomic E-state index is -4.67. The van der Waals surface area contributed by atoms with E-state index in [1.54, 1.807) is 23.6 Å². The molecule has 2 aliphatic rings. The van der Waals surface area contributed by atoms with Crippen LogP contribution in [0.25, 0.3) is 16.6 Å². The summed E-state index contributed by atoms with van der Waals surface area (Å²) in [5.74, 6) is 0.224. The number of halogens is 5. The highest BCUT2D eigenvalue weighted by molar-refractivity contribution is 5.93. The quantitative estimate of drug-likeness (QED) is 0.229. The first-order valence-corrected chi connectivity index (χ1v) is 12.2. The van der Waals surface area contributed by atoms with E-state index in [0.717, 1.165) is 5.56 Å². The highest BCUT2D eigenvalue weighted by atomic mass is 19.4. The van der Waals surface area contributed by atoms with Gasteiger partial charge in [0, 0.05) is 11.8 Å². The summed E-state index contributed by atoms with van der Waals surface area (Å²) in [6, 6.07) is 5.66. The summed E-state index contributed by atoms with van der Waals surface area (Å²) >= 11 is 0. The van der Waals surface area contributed by atoms with Crippen molar-refractivity contribution < 1.29 is 31.8 Å². The predicted molar refractivity (Wildman–Crippen MR) is 137 cm³/mol. The van der Waals surface area contributed by atoms with Crippen molar-refractivity contribution in [3.63, 3.8) is 0 Å². The number of allylic oxidation sites excluding steroid dienone is 1. The first-order valence-electron chi connectivity index (χ1n) is 12.2. The standard InChI is InChI=1S/C27H26F5N5O2/c1-13(12-34-24(33-4)26(2,3)38)14-8-9-16-18(10-14)37-19-11-17(23(37)36-16)35-22(27(30,31)32)15-6-5-7-20(21(15)19)39-25(28)29/h5-10,12,17,19,22,25,35,38H,4,11H2,1-3H3/b13-12+,34-24-/t17?,19-,22+/m1/s1. The third kappa shape index (κ3) is 4.82. The van der Waals surface area contributed by atoms with Gasteiger partial charge in [0.05, 0.1) is 23.1 Å². The Bertz CT molecular complexity index is 1500. The number of ether oxygens (including phenoxy) is 1. The fraction of sp³-hybridized carbons (Fsp3) is 0.370. The molecule has 0 radical (unpaired) electrons. The van der Waals surface area contributed by atoms with Crippen molar-refractivity contribution in [1.82, 2.24) is 14.9 Å². The second-order valence-corrected chi connectivity index (χ2v) is 10.1. The van der Waals surface area contributed by atoms with E-state index in [2.05, 4.69) is 27.0 Å². The van der Waals surface area contributed by atoms with Crippen LogP contribution in [0.15, 0.2) is 52.6 Å². The van der Waals surface area contributed by atoms with E-state index < -0.39 is 36.5 Å². The molecule has 2 aromatic carbocycles. The Morgan fingerprint density at radius 3 is 2.64 bits per heavy atom. The lowest BCUT2D eigenvalue weighted by molar-refractivity contribution is -0.159. The third-order valence-electron chi connectivity index (χ3n) is 6.99. The number of aromatic nitrogens is 2. The third-order valence-corrected chi connectivity index (χ3v) is 6.99. The second kappa shape index (κ2) is 9.53. The molecule has 0 saturated carbocycles. The molecule has 3 aromatic rings. The van der Waals surface area contributed by atoms with Gasteiger partial charge in [0.2, 0.25) is 0 Å². The number of nitrogens with one attached hydrogen (secondary N) is 1. The highest BCUT2D eigenvalue weighted by Crippen LogP contribution is 2.52. The van der Waals surface area contributed by atoms with Crippen LogP contribution in [0.5, 0.6) is 5.75 Å². The van der Waals surface area contributed by atoms with Crippen LogP contribution >= 0.6 is 0 Å². The van der Waals surface area contributed by atoms with Gasteiger partial charge in [0.1, 0.15) is 23.2 Å². The van der Waals surface area contributed by atoms with Crippen molar-refractivity contribution in [1.29, 1.82) is 0 Å². The van der Waals surface area contributed by atoms with E-state index in [1.807, 2.05) is 6.07 Å². The van der Waals surface area contributed by atoms with E-state index in [1.165, 1.54) is 38.2 Å². The Morgan fingerprint density at radius 1 is 1.26 bits per heavy atom. The molecule has 3 atom stereocenters. The van der Waals surface area contributed by atoms with Crippen molar-refractivity contribution in [2.75, 3.05) is 0 Å². The van der Waals surface area contributed by atoms with E-state index in [-0.39, 0.29) is 29.1 Å². The van der Waals surface area contributed by atoms with Gasteiger partial charge < -0.3 is 14.4 Å². The van der Waals surface area contributed by atoms with Gasteiger partial charge in [0.15, 0.2) is 5.84 Å². The molecule has 12 heteroatoms. The van der Waals surface area contributed by atoms with Crippen LogP contribution in [-0.4, -0.2) is 45.6 Å². The Balaban J connectivity index is 1.66. The normalized spacial score (nSPS) is 21.6. The fourth-order valence-electron chi connectivity index (χ4n) is 5.31. The predicted octanol–water partition coefficient (Wildman–Crippen LogP) is 6.11. The minimum absolute atomic E-state index is 0.0577. The molecule has 5 rings (SSSR count). The highest BCUT2D eigenvalue weighted by Gasteiger charge is 2.50. The van der Waals surface area contributed by atoms with Crippen molar-refractivity contribution >= 4 is 29.2 Å². The van der Waals surface area contributed by atoms with Crippen molar-refractivity contribution in [2.45, 2.75) is 63.7 Å². The molecular formula is C27H26F5N5O2. The molecule has 2 bridgehead atoms. The summed E-state index contributed by atoms with van der Waals surface area (Å²) in [4.78, 5) is 12.6. The molecule has 0 spiro atoms. The number of nitrogens with zero attached hydrogens (tertiary/aromatic N) is 4. The Kier molecular flexibility index (Phi) is 6.58. The topological polar surface area (TPSA) is 84.0 Å². The molecule has 2 N–H and O–H groups in total. The number of aliphatic hydroxyl groups is 1. The zero-order valence-electron chi connectivity index (χ0n) is 21.3. The molecule has 0 saturated heterocycles. The summed E-state index contributed by atoms with van der Waals surface area (Å²) in [5, 5.41) is 12.8. The van der Waals surface area contributed by atoms with Gasteiger partial charge in [-0.1, -0.05) is 18.2 Å². The van der Waals surface area contributed by atoms with Gasteiger partial charge in [-0.25, -0.2) is 15.0 Å². The maximum absolute atomic E-state index is 14.1. The Hall–Kier alpha value is -3.64. The summed E-state index contributed by atoms with van der Waals surface area (Å²) in [7, 11) is 0. The van der Waals surface area contributed by atoms with Crippen LogP contribution in [-0.2, 0) is 0 Å². The van der Waals surface area contributed by atoms with Gasteiger partial charge in [-0.2, -0.15) is 22.0 Å². The summed E-state index contributed by atoms with van der Waals surface area (Å²) < 4.78 is 75.6. The number of alkyl halides is 5. The number of hydrogen-bond donors (Lipinski definition) is 2. The largest absolute Gasteiger partial charge is 0.434 e. The fourth-order valence-corrected chi connectivity index (χ4v) is 5.31. The van der Waals surface area contributed by atoms with E-state index in [0.29, 0.717) is 22.4 Å². The van der Waals surface area contributed by atoms with E-state index in [4.69, 9.17) is 4.74 Å². The average molecular weight is 548 g/mol. The molecule has 3 heterocycles. The van der Waals surface area contributed by atoms with E-state index >= 15 is 0 Å². The summed E-state index contributed by atoms with van der Waals surface area (Å²) in [5.41, 5.74) is 1.24. The number of fused-ring (bicyclic) bond motifs is 9. The zero-order valence-corrected chi connectivity index (χ0v) is 21.3. The number of rotatable bonds is 5. The maximum Gasteiger partial charge on any atom is 0.407 e. The molecule has 0 aliphatic carbocycles. The number of hydrogen-bond acceptors (Lipinski definition) is 5. The van der Waals surface area contributed by atoms with Crippen molar-refractivity contribution in [3.05, 3.63) is 65.1 Å². The van der Waals surface area contributed by atoms with Crippen molar-refractivity contribution in [3.8, 4) is 5.75 Å². The molecule has 39 heavy (non-hydrogen) atoms. The maximum atomic E-state index is 14.1. The van der Waals surface area contributed by atoms with Gasteiger partial charge in [0.25, 0.3) is 0 Å². The lowest BCUT2D eigenvalue weighted by Crippen LogP contribution is -2.36. The molecule has 2 aliphatic heterocycles. The molecule has 206 valence electrons. The summed E-state index contributed by atoms with van der Waals surface area (Å²) in [6.07, 6.45) is -2.95. The van der Waals surface area contributed by atoms with Crippen LogP contribution in [0.2, 0.25) is 0 Å². The minimum Gasteiger partial charge on any atom is -0.434 e. The molecular weight excluding hydrogens is 521 g/mol. The second-order valence-electron chi connectivity index (χ2n) is 10.1. The van der Waals surface area contributed by atoms with Gasteiger partial charge in [-0.15, -0.1) is 0 Å². The molecule has 0 fully saturated rings. The van der Waals surface area contributed by atoms with Crippen LogP contribution in [0.3, 0.4) is 0 Å². The molecule has 1 unspecified atom stereocenters. The van der Waals surface area contributed by atoms with Crippen LogP contribution in [0, 0.1) is 0 Å². The number of amidine groups is 1. The number of benzene rings is 2. The van der Waals surface area contributed by atoms with Crippen LogP contribution in [0.1, 0.15) is 67.8 Å². The molecule has 7 nitrogen and oxygen atoms in total. The Morgan fingerprint density at radius 2 is 2.00 bits per heavy atom. The lowest BCUT2D eigenvalue weighted by atomic mass is 9.94. The summed E-state index contributed by atoms with van der Waals surface area (Å²) in [6.45, 7) is 5.11.